The van der Waals surface area contributed by atoms with Gasteiger partial charge in [-0.05, 0) is 55.6 Å². The zero-order valence-electron chi connectivity index (χ0n) is 10.6. The maximum absolute atomic E-state index is 12.1. The highest BCUT2D eigenvalue weighted by atomic mass is 79.9. The molecule has 0 fully saturated rings. The van der Waals surface area contributed by atoms with Crippen LogP contribution in [-0.4, -0.2) is 17.0 Å². The Balaban J connectivity index is 2.06. The summed E-state index contributed by atoms with van der Waals surface area (Å²) in [6.07, 6.45) is 0.355. The molecule has 0 radical (unpaired) electrons. The SMILES string of the molecule is N/C(Cc1ccc(NC(=O)c2cc(Br)sc2Br)cc1)=N/O. The van der Waals surface area contributed by atoms with Gasteiger partial charge in [0.2, 0.25) is 0 Å². The predicted octanol–water partition coefficient (Wildman–Crippen LogP) is 3.81. The Morgan fingerprint density at radius 2 is 2.00 bits per heavy atom. The number of carbonyl (C=O) groups is 1. The van der Waals surface area contributed by atoms with E-state index in [0.717, 1.165) is 13.1 Å². The number of benzene rings is 1. The van der Waals surface area contributed by atoms with Crippen LogP contribution in [0.25, 0.3) is 0 Å². The van der Waals surface area contributed by atoms with Gasteiger partial charge in [0.25, 0.3) is 5.91 Å². The lowest BCUT2D eigenvalue weighted by atomic mass is 10.1. The molecule has 0 saturated carbocycles. The topological polar surface area (TPSA) is 87.7 Å². The van der Waals surface area contributed by atoms with E-state index in [2.05, 4.69) is 42.3 Å². The number of amides is 1. The second-order valence-corrected chi connectivity index (χ2v) is 7.91. The van der Waals surface area contributed by atoms with Gasteiger partial charge in [0.1, 0.15) is 5.84 Å². The Bertz CT molecular complexity index is 683. The fourth-order valence-corrected chi connectivity index (χ4v) is 4.44. The molecule has 0 saturated heterocycles. The molecule has 0 spiro atoms. The number of amidine groups is 1. The predicted molar refractivity (Wildman–Crippen MR) is 91.2 cm³/mol. The zero-order chi connectivity index (χ0) is 15.4. The highest BCUT2D eigenvalue weighted by Gasteiger charge is 2.13. The molecule has 2 aromatic rings. The molecular formula is C13H11Br2N3O2S. The van der Waals surface area contributed by atoms with Crippen LogP contribution in [-0.2, 0) is 6.42 Å². The lowest BCUT2D eigenvalue weighted by Crippen LogP contribution is -2.15. The van der Waals surface area contributed by atoms with Crippen LogP contribution in [0.2, 0.25) is 0 Å². The monoisotopic (exact) mass is 431 g/mol. The van der Waals surface area contributed by atoms with E-state index in [9.17, 15) is 4.79 Å². The minimum absolute atomic E-state index is 0.138. The molecule has 0 bridgehead atoms. The fourth-order valence-electron chi connectivity index (χ4n) is 1.64. The average molecular weight is 433 g/mol. The second kappa shape index (κ2) is 7.06. The largest absolute Gasteiger partial charge is 0.409 e. The van der Waals surface area contributed by atoms with Crippen molar-refractivity contribution in [3.8, 4) is 0 Å². The van der Waals surface area contributed by atoms with Crippen LogP contribution in [0.3, 0.4) is 0 Å². The molecule has 0 aliphatic rings. The van der Waals surface area contributed by atoms with Crippen molar-refractivity contribution in [2.45, 2.75) is 6.42 Å². The molecule has 21 heavy (non-hydrogen) atoms. The molecule has 4 N–H and O–H groups in total. The van der Waals surface area contributed by atoms with Crippen LogP contribution in [0.1, 0.15) is 15.9 Å². The number of carbonyl (C=O) groups excluding carboxylic acids is 1. The number of nitrogens with one attached hydrogen (secondary N) is 1. The minimum atomic E-state index is -0.187. The van der Waals surface area contributed by atoms with Crippen molar-refractivity contribution in [1.29, 1.82) is 0 Å². The summed E-state index contributed by atoms with van der Waals surface area (Å²) in [6.45, 7) is 0. The van der Waals surface area contributed by atoms with Crippen molar-refractivity contribution < 1.29 is 10.0 Å². The molecule has 5 nitrogen and oxygen atoms in total. The Labute approximate surface area is 142 Å². The Morgan fingerprint density at radius 1 is 1.33 bits per heavy atom. The van der Waals surface area contributed by atoms with Gasteiger partial charge in [-0.1, -0.05) is 17.3 Å². The molecule has 0 unspecified atom stereocenters. The maximum Gasteiger partial charge on any atom is 0.257 e. The molecule has 0 atom stereocenters. The van der Waals surface area contributed by atoms with Gasteiger partial charge in [-0.3, -0.25) is 4.79 Å². The first-order valence-electron chi connectivity index (χ1n) is 5.81. The summed E-state index contributed by atoms with van der Waals surface area (Å²) in [5, 5.41) is 14.3. The van der Waals surface area contributed by atoms with Crippen LogP contribution in [0, 0.1) is 0 Å². The first kappa shape index (κ1) is 16.0. The van der Waals surface area contributed by atoms with Gasteiger partial charge >= 0.3 is 0 Å². The normalized spacial score (nSPS) is 11.4. The van der Waals surface area contributed by atoms with E-state index in [-0.39, 0.29) is 11.7 Å². The summed E-state index contributed by atoms with van der Waals surface area (Å²) in [4.78, 5) is 12.1. The number of thiophene rings is 1. The molecule has 0 aliphatic heterocycles. The van der Waals surface area contributed by atoms with Gasteiger partial charge in [-0.15, -0.1) is 11.3 Å². The van der Waals surface area contributed by atoms with Crippen molar-refractivity contribution in [2.24, 2.45) is 10.9 Å². The first-order chi connectivity index (χ1) is 9.99. The van der Waals surface area contributed by atoms with Gasteiger partial charge in [-0.2, -0.15) is 0 Å². The zero-order valence-corrected chi connectivity index (χ0v) is 14.6. The van der Waals surface area contributed by atoms with E-state index in [0.29, 0.717) is 17.7 Å². The fraction of sp³-hybridized carbons (Fsp3) is 0.0769. The van der Waals surface area contributed by atoms with Gasteiger partial charge in [-0.25, -0.2) is 0 Å². The van der Waals surface area contributed by atoms with Crippen LogP contribution < -0.4 is 11.1 Å². The van der Waals surface area contributed by atoms with Crippen molar-refractivity contribution in [3.63, 3.8) is 0 Å². The summed E-state index contributed by atoms with van der Waals surface area (Å²) >= 11 is 8.14. The third-order valence-corrected chi connectivity index (χ3v) is 4.97. The smallest absolute Gasteiger partial charge is 0.257 e. The molecule has 1 aromatic carbocycles. The van der Waals surface area contributed by atoms with Gasteiger partial charge < -0.3 is 16.3 Å². The maximum atomic E-state index is 12.1. The van der Waals surface area contributed by atoms with Crippen molar-refractivity contribution in [3.05, 3.63) is 49.0 Å². The number of nitrogens with zero attached hydrogens (tertiary/aromatic N) is 1. The molecule has 1 aromatic heterocycles. The van der Waals surface area contributed by atoms with Gasteiger partial charge in [0, 0.05) is 12.1 Å². The number of hydrogen-bond donors (Lipinski definition) is 3. The summed E-state index contributed by atoms with van der Waals surface area (Å²) in [5.74, 6) is -0.0492. The number of halogens is 2. The lowest BCUT2D eigenvalue weighted by Gasteiger charge is -2.06. The minimum Gasteiger partial charge on any atom is -0.409 e. The third-order valence-electron chi connectivity index (χ3n) is 2.63. The van der Waals surface area contributed by atoms with Crippen LogP contribution in [0.5, 0.6) is 0 Å². The van der Waals surface area contributed by atoms with E-state index >= 15 is 0 Å². The van der Waals surface area contributed by atoms with E-state index in [1.807, 2.05) is 12.1 Å². The molecule has 0 aliphatic carbocycles. The van der Waals surface area contributed by atoms with Crippen molar-refractivity contribution >= 4 is 60.6 Å². The summed E-state index contributed by atoms with van der Waals surface area (Å²) in [5.41, 5.74) is 7.59. The summed E-state index contributed by atoms with van der Waals surface area (Å²) < 4.78 is 1.66. The number of anilines is 1. The van der Waals surface area contributed by atoms with E-state index < -0.39 is 0 Å². The highest BCUT2D eigenvalue weighted by molar-refractivity contribution is 9.12. The molecule has 8 heteroatoms. The van der Waals surface area contributed by atoms with E-state index in [1.54, 1.807) is 18.2 Å². The van der Waals surface area contributed by atoms with Gasteiger partial charge in [0.15, 0.2) is 0 Å². The number of nitrogens with two attached hydrogens (primary N) is 1. The third kappa shape index (κ3) is 4.29. The summed E-state index contributed by atoms with van der Waals surface area (Å²) in [6, 6.07) is 8.93. The van der Waals surface area contributed by atoms with Crippen LogP contribution >= 0.6 is 43.2 Å². The number of hydrogen-bond acceptors (Lipinski definition) is 4. The summed E-state index contributed by atoms with van der Waals surface area (Å²) in [7, 11) is 0. The second-order valence-electron chi connectivity index (χ2n) is 4.16. The Kier molecular flexibility index (Phi) is 5.38. The molecule has 1 amide bonds. The van der Waals surface area contributed by atoms with E-state index in [4.69, 9.17) is 10.9 Å². The number of oxime groups is 1. The molecule has 110 valence electrons. The molecule has 1 heterocycles. The average Bonchev–Trinajstić information content (AvgIpc) is 2.80. The lowest BCUT2D eigenvalue weighted by molar-refractivity contribution is 0.102. The molecule has 2 rings (SSSR count). The Morgan fingerprint density at radius 3 is 2.52 bits per heavy atom. The molecular weight excluding hydrogens is 422 g/mol. The highest BCUT2D eigenvalue weighted by Crippen LogP contribution is 2.32. The van der Waals surface area contributed by atoms with Crippen LogP contribution in [0.4, 0.5) is 5.69 Å². The standard InChI is InChI=1S/C13H11Br2N3O2S/c14-10-6-9(12(15)21-10)13(19)17-8-3-1-7(2-4-8)5-11(16)18-20/h1-4,6,20H,5H2,(H2,16,18)(H,17,19). The van der Waals surface area contributed by atoms with Gasteiger partial charge in [0.05, 0.1) is 13.1 Å². The quantitative estimate of drug-likeness (QED) is 0.297. The van der Waals surface area contributed by atoms with E-state index in [1.165, 1.54) is 11.3 Å². The van der Waals surface area contributed by atoms with Crippen molar-refractivity contribution in [1.82, 2.24) is 0 Å². The Hall–Kier alpha value is -1.38. The van der Waals surface area contributed by atoms with Crippen LogP contribution in [0.15, 0.2) is 43.1 Å². The van der Waals surface area contributed by atoms with Crippen molar-refractivity contribution in [2.75, 3.05) is 5.32 Å². The number of rotatable bonds is 4. The first-order valence-corrected chi connectivity index (χ1v) is 8.21.